The summed E-state index contributed by atoms with van der Waals surface area (Å²) in [4.78, 5) is 0. The van der Waals surface area contributed by atoms with Gasteiger partial charge in [0, 0.05) is 6.61 Å². The minimum Gasteiger partial charge on any atom is -0.381 e. The maximum Gasteiger partial charge on any atom is 0.0525 e. The van der Waals surface area contributed by atoms with Gasteiger partial charge in [0.2, 0.25) is 0 Å². The molecular formula is C8H14O. The van der Waals surface area contributed by atoms with Crippen molar-refractivity contribution >= 4 is 0 Å². The third-order valence-electron chi connectivity index (χ3n) is 3.37. The highest BCUT2D eigenvalue weighted by Gasteiger charge is 2.59. The predicted molar refractivity (Wildman–Crippen MR) is 36.2 cm³/mol. The van der Waals surface area contributed by atoms with Crippen LogP contribution in [0.1, 0.15) is 20.3 Å². The average molecular weight is 126 g/mol. The molecular weight excluding hydrogens is 112 g/mol. The van der Waals surface area contributed by atoms with Gasteiger partial charge in [0.1, 0.15) is 0 Å². The number of ether oxygens (including phenoxy) is 1. The van der Waals surface area contributed by atoms with Crippen molar-refractivity contribution in [2.45, 2.75) is 20.3 Å². The number of hydrogen-bond donors (Lipinski definition) is 0. The van der Waals surface area contributed by atoms with Gasteiger partial charge in [-0.2, -0.15) is 0 Å². The Hall–Kier alpha value is -0.0400. The van der Waals surface area contributed by atoms with Crippen LogP contribution >= 0.6 is 0 Å². The summed E-state index contributed by atoms with van der Waals surface area (Å²) in [6.45, 7) is 6.71. The highest BCUT2D eigenvalue weighted by Crippen LogP contribution is 2.61. The summed E-state index contributed by atoms with van der Waals surface area (Å²) in [6.07, 6.45) is 1.30. The summed E-state index contributed by atoms with van der Waals surface area (Å²) in [5.41, 5.74) is 0.582. The quantitative estimate of drug-likeness (QED) is 0.480. The van der Waals surface area contributed by atoms with Gasteiger partial charge in [0.15, 0.2) is 0 Å². The van der Waals surface area contributed by atoms with E-state index in [1.807, 2.05) is 0 Å². The van der Waals surface area contributed by atoms with Crippen LogP contribution in [0.2, 0.25) is 0 Å². The second-order valence-corrected chi connectivity index (χ2v) is 3.74. The van der Waals surface area contributed by atoms with E-state index in [2.05, 4.69) is 13.8 Å². The van der Waals surface area contributed by atoms with E-state index in [0.717, 1.165) is 25.0 Å². The molecule has 2 rings (SSSR count). The van der Waals surface area contributed by atoms with Crippen molar-refractivity contribution in [2.24, 2.45) is 17.3 Å². The SMILES string of the molecule is C[C@@H]1[C@@H]2CCOCC12C. The Balaban J connectivity index is 2.10. The first-order valence-electron chi connectivity index (χ1n) is 3.83. The summed E-state index contributed by atoms with van der Waals surface area (Å²) in [6, 6.07) is 0. The van der Waals surface area contributed by atoms with Crippen LogP contribution < -0.4 is 0 Å². The van der Waals surface area contributed by atoms with E-state index >= 15 is 0 Å². The summed E-state index contributed by atoms with van der Waals surface area (Å²) in [5, 5.41) is 0. The lowest BCUT2D eigenvalue weighted by molar-refractivity contribution is 0.0530. The van der Waals surface area contributed by atoms with E-state index in [9.17, 15) is 0 Å². The Morgan fingerprint density at radius 2 is 2.33 bits per heavy atom. The van der Waals surface area contributed by atoms with Crippen LogP contribution in [0, 0.1) is 17.3 Å². The molecule has 1 aliphatic carbocycles. The van der Waals surface area contributed by atoms with E-state index < -0.39 is 0 Å². The molecule has 1 saturated heterocycles. The molecule has 1 saturated carbocycles. The van der Waals surface area contributed by atoms with Crippen molar-refractivity contribution in [2.75, 3.05) is 13.2 Å². The van der Waals surface area contributed by atoms with Crippen molar-refractivity contribution in [1.82, 2.24) is 0 Å². The molecule has 1 nitrogen and oxygen atoms in total. The normalized spacial score (nSPS) is 56.7. The number of fused-ring (bicyclic) bond motifs is 1. The van der Waals surface area contributed by atoms with E-state index in [4.69, 9.17) is 4.74 Å². The first kappa shape index (κ1) is 5.72. The molecule has 3 atom stereocenters. The van der Waals surface area contributed by atoms with Crippen LogP contribution in [-0.2, 0) is 4.74 Å². The van der Waals surface area contributed by atoms with Gasteiger partial charge in [-0.3, -0.25) is 0 Å². The smallest absolute Gasteiger partial charge is 0.0525 e. The summed E-state index contributed by atoms with van der Waals surface area (Å²) in [7, 11) is 0. The van der Waals surface area contributed by atoms with Crippen molar-refractivity contribution < 1.29 is 4.74 Å². The zero-order chi connectivity index (χ0) is 6.48. The van der Waals surface area contributed by atoms with Crippen molar-refractivity contribution in [3.63, 3.8) is 0 Å². The average Bonchev–Trinajstić information content (AvgIpc) is 2.38. The summed E-state index contributed by atoms with van der Waals surface area (Å²) in [5.74, 6) is 1.92. The van der Waals surface area contributed by atoms with Crippen LogP contribution in [0.15, 0.2) is 0 Å². The largest absolute Gasteiger partial charge is 0.381 e. The van der Waals surface area contributed by atoms with Crippen LogP contribution in [0.3, 0.4) is 0 Å². The maximum absolute atomic E-state index is 5.40. The maximum atomic E-state index is 5.40. The zero-order valence-corrected chi connectivity index (χ0v) is 6.18. The van der Waals surface area contributed by atoms with Crippen LogP contribution in [0.25, 0.3) is 0 Å². The fourth-order valence-corrected chi connectivity index (χ4v) is 2.23. The van der Waals surface area contributed by atoms with Gasteiger partial charge in [-0.1, -0.05) is 13.8 Å². The molecule has 0 bridgehead atoms. The highest BCUT2D eigenvalue weighted by atomic mass is 16.5. The van der Waals surface area contributed by atoms with Crippen molar-refractivity contribution in [3.8, 4) is 0 Å². The van der Waals surface area contributed by atoms with E-state index in [0.29, 0.717) is 5.41 Å². The molecule has 0 N–H and O–H groups in total. The Kier molecular flexibility index (Phi) is 0.963. The molecule has 1 heteroatoms. The minimum absolute atomic E-state index is 0.582. The second kappa shape index (κ2) is 1.51. The minimum atomic E-state index is 0.582. The second-order valence-electron chi connectivity index (χ2n) is 3.74. The van der Waals surface area contributed by atoms with E-state index in [1.54, 1.807) is 0 Å². The molecule has 1 heterocycles. The molecule has 52 valence electrons. The zero-order valence-electron chi connectivity index (χ0n) is 6.18. The lowest BCUT2D eigenvalue weighted by Gasteiger charge is -2.16. The number of rotatable bonds is 0. The molecule has 0 radical (unpaired) electrons. The van der Waals surface area contributed by atoms with Crippen molar-refractivity contribution in [3.05, 3.63) is 0 Å². The van der Waals surface area contributed by atoms with E-state index in [1.165, 1.54) is 6.42 Å². The van der Waals surface area contributed by atoms with Gasteiger partial charge in [-0.25, -0.2) is 0 Å². The van der Waals surface area contributed by atoms with Gasteiger partial charge in [-0.15, -0.1) is 0 Å². The first-order valence-corrected chi connectivity index (χ1v) is 3.83. The Morgan fingerprint density at radius 3 is 2.78 bits per heavy atom. The molecule has 0 aromatic heterocycles. The Labute approximate surface area is 56.4 Å². The summed E-state index contributed by atoms with van der Waals surface area (Å²) < 4.78 is 5.40. The number of hydrogen-bond acceptors (Lipinski definition) is 1. The summed E-state index contributed by atoms with van der Waals surface area (Å²) >= 11 is 0. The molecule has 0 aromatic carbocycles. The Morgan fingerprint density at radius 1 is 1.56 bits per heavy atom. The lowest BCUT2D eigenvalue weighted by Crippen LogP contribution is -2.16. The monoisotopic (exact) mass is 126 g/mol. The lowest BCUT2D eigenvalue weighted by atomic mass is 10.0. The predicted octanol–water partition coefficient (Wildman–Crippen LogP) is 1.68. The van der Waals surface area contributed by atoms with Crippen LogP contribution in [-0.4, -0.2) is 13.2 Å². The van der Waals surface area contributed by atoms with Crippen LogP contribution in [0.5, 0.6) is 0 Å². The fourth-order valence-electron chi connectivity index (χ4n) is 2.23. The topological polar surface area (TPSA) is 9.23 Å². The van der Waals surface area contributed by atoms with Gasteiger partial charge >= 0.3 is 0 Å². The van der Waals surface area contributed by atoms with Gasteiger partial charge in [-0.05, 0) is 23.7 Å². The van der Waals surface area contributed by atoms with Crippen molar-refractivity contribution in [1.29, 1.82) is 0 Å². The van der Waals surface area contributed by atoms with E-state index in [-0.39, 0.29) is 0 Å². The molecule has 9 heavy (non-hydrogen) atoms. The molecule has 2 aliphatic rings. The van der Waals surface area contributed by atoms with Gasteiger partial charge in [0.05, 0.1) is 6.61 Å². The third kappa shape index (κ3) is 0.586. The Bertz CT molecular complexity index is 133. The van der Waals surface area contributed by atoms with Gasteiger partial charge < -0.3 is 4.74 Å². The van der Waals surface area contributed by atoms with Gasteiger partial charge in [0.25, 0.3) is 0 Å². The molecule has 0 spiro atoms. The molecule has 2 fully saturated rings. The highest BCUT2D eigenvalue weighted by molar-refractivity contribution is 5.06. The molecule has 0 aromatic rings. The molecule has 0 amide bonds. The molecule has 1 aliphatic heterocycles. The first-order chi connectivity index (χ1) is 4.25. The molecule has 1 unspecified atom stereocenters. The standard InChI is InChI=1S/C8H14O/c1-6-7-3-4-9-5-8(6,7)2/h6-7H,3-5H2,1-2H3/t6-,7+,8?/m1/s1. The third-order valence-corrected chi connectivity index (χ3v) is 3.37. The van der Waals surface area contributed by atoms with Crippen LogP contribution in [0.4, 0.5) is 0 Å². The fraction of sp³-hybridized carbons (Fsp3) is 1.00.